The van der Waals surface area contributed by atoms with Crippen LogP contribution in [0.4, 0.5) is 5.69 Å². The van der Waals surface area contributed by atoms with Gasteiger partial charge in [0.2, 0.25) is 10.0 Å². The second-order valence-electron chi connectivity index (χ2n) is 4.79. The number of non-ortho nitro benzene ring substituents is 1. The van der Waals surface area contributed by atoms with E-state index in [1.54, 1.807) is 6.92 Å². The average molecular weight is 455 g/mol. The van der Waals surface area contributed by atoms with Crippen LogP contribution in [0.1, 0.15) is 23.7 Å². The van der Waals surface area contributed by atoms with Gasteiger partial charge < -0.3 is 5.32 Å². The minimum Gasteiger partial charge on any atom is -0.352 e. The van der Waals surface area contributed by atoms with Crippen molar-refractivity contribution < 1.29 is 18.1 Å². The van der Waals surface area contributed by atoms with E-state index in [1.807, 2.05) is 22.6 Å². The van der Waals surface area contributed by atoms with Gasteiger partial charge in [-0.15, -0.1) is 0 Å². The molecule has 1 aromatic carbocycles. The Labute approximate surface area is 148 Å². The fourth-order valence-electron chi connectivity index (χ4n) is 1.91. The fraction of sp³-hybridized carbons (Fsp3) is 0.462. The number of sulfonamides is 1. The summed E-state index contributed by atoms with van der Waals surface area (Å²) < 4.78 is 24.8. The molecule has 1 aromatic rings. The highest BCUT2D eigenvalue weighted by atomic mass is 127. The molecular weight excluding hydrogens is 437 g/mol. The van der Waals surface area contributed by atoms with Crippen molar-refractivity contribution in [3.8, 4) is 0 Å². The van der Waals surface area contributed by atoms with Crippen molar-refractivity contribution in [2.75, 3.05) is 25.9 Å². The summed E-state index contributed by atoms with van der Waals surface area (Å²) in [6.07, 6.45) is 1.60. The summed E-state index contributed by atoms with van der Waals surface area (Å²) in [5.74, 6) is -0.416. The van der Waals surface area contributed by atoms with Crippen LogP contribution in [0.25, 0.3) is 0 Å². The molecule has 0 unspecified atom stereocenters. The molecule has 0 bridgehead atoms. The fourth-order valence-corrected chi connectivity index (χ4v) is 3.42. The van der Waals surface area contributed by atoms with Gasteiger partial charge in [-0.3, -0.25) is 14.9 Å². The summed E-state index contributed by atoms with van der Waals surface area (Å²) in [6, 6.07) is 4.08. The van der Waals surface area contributed by atoms with Crippen LogP contribution in [0.3, 0.4) is 0 Å². The predicted molar refractivity (Wildman–Crippen MR) is 94.9 cm³/mol. The van der Waals surface area contributed by atoms with Crippen molar-refractivity contribution >= 4 is 44.2 Å². The molecule has 0 aliphatic rings. The Bertz CT molecular complexity index is 693. The molecule has 1 N–H and O–H groups in total. The molecule has 0 aromatic heterocycles. The first kappa shape index (κ1) is 19.8. The van der Waals surface area contributed by atoms with Gasteiger partial charge in [-0.2, -0.15) is 0 Å². The van der Waals surface area contributed by atoms with Gasteiger partial charge in [0.25, 0.3) is 11.6 Å². The molecule has 0 aliphatic heterocycles. The smallest absolute Gasteiger partial charge is 0.270 e. The van der Waals surface area contributed by atoms with Gasteiger partial charge in [-0.05, 0) is 35.1 Å². The monoisotopic (exact) mass is 455 g/mol. The molecule has 0 saturated carbocycles. The molecule has 0 heterocycles. The van der Waals surface area contributed by atoms with Crippen molar-refractivity contribution in [2.45, 2.75) is 13.3 Å². The van der Waals surface area contributed by atoms with E-state index in [9.17, 15) is 23.3 Å². The summed E-state index contributed by atoms with van der Waals surface area (Å²) >= 11 is 1.93. The third kappa shape index (κ3) is 6.03. The van der Waals surface area contributed by atoms with Crippen LogP contribution < -0.4 is 5.32 Å². The number of nitro benzene ring substituents is 1. The quantitative estimate of drug-likeness (QED) is 0.277. The first-order chi connectivity index (χ1) is 10.7. The summed E-state index contributed by atoms with van der Waals surface area (Å²) in [7, 11) is -3.25. The summed E-state index contributed by atoms with van der Waals surface area (Å²) in [4.78, 5) is 22.3. The number of hydrogen-bond acceptors (Lipinski definition) is 5. The maximum atomic E-state index is 12.1. The lowest BCUT2D eigenvalue weighted by atomic mass is 10.2. The lowest BCUT2D eigenvalue weighted by Crippen LogP contribution is -2.33. The number of carbonyl (C=O) groups excluding carboxylic acids is 1. The molecule has 0 radical (unpaired) electrons. The van der Waals surface area contributed by atoms with Gasteiger partial charge in [0, 0.05) is 35.3 Å². The van der Waals surface area contributed by atoms with E-state index in [1.165, 1.54) is 22.5 Å². The number of rotatable bonds is 8. The van der Waals surface area contributed by atoms with E-state index < -0.39 is 20.9 Å². The van der Waals surface area contributed by atoms with E-state index >= 15 is 0 Å². The van der Waals surface area contributed by atoms with Crippen LogP contribution in [0.2, 0.25) is 0 Å². The third-order valence-electron chi connectivity index (χ3n) is 3.10. The molecule has 0 fully saturated rings. The van der Waals surface area contributed by atoms with Crippen molar-refractivity contribution in [3.05, 3.63) is 37.4 Å². The summed E-state index contributed by atoms with van der Waals surface area (Å²) in [5, 5.41) is 13.4. The van der Waals surface area contributed by atoms with Crippen LogP contribution in [0.15, 0.2) is 18.2 Å². The molecule has 0 spiro atoms. The van der Waals surface area contributed by atoms with Crippen LogP contribution in [-0.4, -0.2) is 49.4 Å². The Morgan fingerprint density at radius 1 is 1.43 bits per heavy atom. The number of nitro groups is 1. The van der Waals surface area contributed by atoms with Gasteiger partial charge >= 0.3 is 0 Å². The lowest BCUT2D eigenvalue weighted by Gasteiger charge is -2.17. The topological polar surface area (TPSA) is 110 Å². The zero-order valence-electron chi connectivity index (χ0n) is 12.8. The maximum Gasteiger partial charge on any atom is 0.270 e. The zero-order valence-corrected chi connectivity index (χ0v) is 15.8. The van der Waals surface area contributed by atoms with Gasteiger partial charge in [0.1, 0.15) is 0 Å². The van der Waals surface area contributed by atoms with Crippen molar-refractivity contribution in [1.82, 2.24) is 9.62 Å². The van der Waals surface area contributed by atoms with Crippen molar-refractivity contribution in [2.24, 2.45) is 0 Å². The minimum absolute atomic E-state index is 0.148. The highest BCUT2D eigenvalue weighted by molar-refractivity contribution is 14.1. The second-order valence-corrected chi connectivity index (χ2v) is 7.93. The Morgan fingerprint density at radius 3 is 2.61 bits per heavy atom. The number of nitrogens with zero attached hydrogens (tertiary/aromatic N) is 2. The molecule has 0 saturated heterocycles. The van der Waals surface area contributed by atoms with Gasteiger partial charge in [-0.1, -0.05) is 6.92 Å². The Morgan fingerprint density at radius 2 is 2.09 bits per heavy atom. The van der Waals surface area contributed by atoms with Crippen LogP contribution in [-0.2, 0) is 10.0 Å². The number of hydrogen-bond donors (Lipinski definition) is 1. The van der Waals surface area contributed by atoms with E-state index in [4.69, 9.17) is 0 Å². The van der Waals surface area contributed by atoms with E-state index in [-0.39, 0.29) is 17.8 Å². The number of halogens is 1. The second kappa shape index (κ2) is 8.55. The number of carbonyl (C=O) groups is 1. The molecule has 8 nitrogen and oxygen atoms in total. The standard InChI is InChI=1S/C13H18IN3O5S/c1-3-16(23(2,21)22)8-4-7-15-13(18)11-9-10(17(19)20)5-6-12(11)14/h5-6,9H,3-4,7-8H2,1-2H3,(H,15,18). The lowest BCUT2D eigenvalue weighted by molar-refractivity contribution is -0.384. The van der Waals surface area contributed by atoms with Gasteiger partial charge in [0.05, 0.1) is 16.7 Å². The normalized spacial score (nSPS) is 11.5. The third-order valence-corrected chi connectivity index (χ3v) is 5.42. The predicted octanol–water partition coefficient (Wildman–Crippen LogP) is 1.60. The maximum absolute atomic E-state index is 12.1. The highest BCUT2D eigenvalue weighted by Crippen LogP contribution is 2.19. The Hall–Kier alpha value is -1.27. The number of amides is 1. The molecule has 0 atom stereocenters. The van der Waals surface area contributed by atoms with E-state index in [0.29, 0.717) is 23.1 Å². The minimum atomic E-state index is -3.25. The summed E-state index contributed by atoms with van der Waals surface area (Å²) in [5.41, 5.74) is 0.0834. The van der Waals surface area contributed by atoms with Gasteiger partial charge in [0.15, 0.2) is 0 Å². The van der Waals surface area contributed by atoms with Crippen molar-refractivity contribution in [1.29, 1.82) is 0 Å². The van der Waals surface area contributed by atoms with Crippen LogP contribution in [0, 0.1) is 13.7 Å². The molecular formula is C13H18IN3O5S. The number of nitrogens with one attached hydrogen (secondary N) is 1. The first-order valence-electron chi connectivity index (χ1n) is 6.84. The molecule has 23 heavy (non-hydrogen) atoms. The molecule has 1 amide bonds. The van der Waals surface area contributed by atoms with E-state index in [2.05, 4.69) is 5.32 Å². The van der Waals surface area contributed by atoms with Gasteiger partial charge in [-0.25, -0.2) is 12.7 Å². The first-order valence-corrected chi connectivity index (χ1v) is 9.76. The molecule has 128 valence electrons. The number of benzene rings is 1. The Balaban J connectivity index is 2.61. The van der Waals surface area contributed by atoms with Crippen LogP contribution in [0.5, 0.6) is 0 Å². The molecule has 0 aliphatic carbocycles. The molecule has 1 rings (SSSR count). The Kier molecular flexibility index (Phi) is 7.35. The average Bonchev–Trinajstić information content (AvgIpc) is 2.45. The zero-order chi connectivity index (χ0) is 17.6. The van der Waals surface area contributed by atoms with Crippen molar-refractivity contribution in [3.63, 3.8) is 0 Å². The SMILES string of the molecule is CCN(CCCNC(=O)c1cc([N+](=O)[O-])ccc1I)S(C)(=O)=O. The molecule has 10 heteroatoms. The summed E-state index contributed by atoms with van der Waals surface area (Å²) in [6.45, 7) is 2.70. The largest absolute Gasteiger partial charge is 0.352 e. The van der Waals surface area contributed by atoms with E-state index in [0.717, 1.165) is 6.26 Å². The van der Waals surface area contributed by atoms with Crippen LogP contribution >= 0.6 is 22.6 Å². The highest BCUT2D eigenvalue weighted by Gasteiger charge is 2.16.